The van der Waals surface area contributed by atoms with Crippen molar-refractivity contribution in [3.05, 3.63) is 35.9 Å². The smallest absolute Gasteiger partial charge is 0.233 e. The molecule has 0 aliphatic heterocycles. The quantitative estimate of drug-likeness (QED) is 0.636. The molecular formula is C16H26N2O. The van der Waals surface area contributed by atoms with E-state index >= 15 is 0 Å². The van der Waals surface area contributed by atoms with Crippen LogP contribution in [0.3, 0.4) is 0 Å². The van der Waals surface area contributed by atoms with Gasteiger partial charge in [0, 0.05) is 6.54 Å². The third-order valence-corrected chi connectivity index (χ3v) is 3.05. The van der Waals surface area contributed by atoms with Crippen molar-refractivity contribution in [3.8, 4) is 0 Å². The Labute approximate surface area is 116 Å². The molecule has 0 radical (unpaired) electrons. The topological polar surface area (TPSA) is 41.1 Å². The van der Waals surface area contributed by atoms with Crippen LogP contribution in [0.1, 0.15) is 38.2 Å². The second kappa shape index (κ2) is 10.6. The lowest BCUT2D eigenvalue weighted by atomic mass is 10.1. The highest BCUT2D eigenvalue weighted by Crippen LogP contribution is 2.01. The van der Waals surface area contributed by atoms with Crippen molar-refractivity contribution in [2.45, 2.75) is 39.0 Å². The Balaban J connectivity index is 1.95. The van der Waals surface area contributed by atoms with Gasteiger partial charge < -0.3 is 10.6 Å². The lowest BCUT2D eigenvalue weighted by molar-refractivity contribution is -0.120. The number of benzene rings is 1. The van der Waals surface area contributed by atoms with Gasteiger partial charge in [-0.15, -0.1) is 0 Å². The first-order valence-corrected chi connectivity index (χ1v) is 7.34. The van der Waals surface area contributed by atoms with E-state index in [0.29, 0.717) is 6.54 Å². The van der Waals surface area contributed by atoms with Gasteiger partial charge in [0.25, 0.3) is 0 Å². The molecule has 106 valence electrons. The van der Waals surface area contributed by atoms with E-state index in [1.807, 2.05) is 18.2 Å². The first kappa shape index (κ1) is 15.7. The number of hydrogen-bond donors (Lipinski definition) is 2. The SMILES string of the molecule is CCCCCNCC(=O)NCCCc1ccccc1. The van der Waals surface area contributed by atoms with Gasteiger partial charge in [0.15, 0.2) is 0 Å². The molecule has 3 heteroatoms. The minimum atomic E-state index is 0.101. The summed E-state index contributed by atoms with van der Waals surface area (Å²) in [7, 11) is 0. The standard InChI is InChI=1S/C16H26N2O/c1-2-3-7-12-17-14-16(19)18-13-8-11-15-9-5-4-6-10-15/h4-6,9-10,17H,2-3,7-8,11-14H2,1H3,(H,18,19). The maximum Gasteiger partial charge on any atom is 0.233 e. The molecule has 1 amide bonds. The molecule has 3 nitrogen and oxygen atoms in total. The molecule has 0 aromatic heterocycles. The van der Waals surface area contributed by atoms with Gasteiger partial charge in [-0.25, -0.2) is 0 Å². The van der Waals surface area contributed by atoms with Gasteiger partial charge in [-0.05, 0) is 31.4 Å². The highest BCUT2D eigenvalue weighted by atomic mass is 16.1. The van der Waals surface area contributed by atoms with Crippen LogP contribution in [0, 0.1) is 0 Å². The summed E-state index contributed by atoms with van der Waals surface area (Å²) in [6, 6.07) is 10.4. The fraction of sp³-hybridized carbons (Fsp3) is 0.562. The molecule has 0 aliphatic rings. The summed E-state index contributed by atoms with van der Waals surface area (Å²) in [5.74, 6) is 0.101. The van der Waals surface area contributed by atoms with Crippen LogP contribution in [0.2, 0.25) is 0 Å². The van der Waals surface area contributed by atoms with Crippen LogP contribution >= 0.6 is 0 Å². The molecule has 0 saturated carbocycles. The molecule has 0 atom stereocenters. The van der Waals surface area contributed by atoms with Gasteiger partial charge in [0.05, 0.1) is 6.54 Å². The molecule has 0 spiro atoms. The van der Waals surface area contributed by atoms with E-state index in [-0.39, 0.29) is 5.91 Å². The summed E-state index contributed by atoms with van der Waals surface area (Å²) in [4.78, 5) is 11.5. The Morgan fingerprint density at radius 2 is 1.84 bits per heavy atom. The molecule has 0 heterocycles. The second-order valence-corrected chi connectivity index (χ2v) is 4.82. The maximum absolute atomic E-state index is 11.5. The lowest BCUT2D eigenvalue weighted by Gasteiger charge is -2.06. The van der Waals surface area contributed by atoms with E-state index in [1.54, 1.807) is 0 Å². The fourth-order valence-corrected chi connectivity index (χ4v) is 1.93. The van der Waals surface area contributed by atoms with Crippen molar-refractivity contribution in [2.75, 3.05) is 19.6 Å². The molecule has 19 heavy (non-hydrogen) atoms. The predicted molar refractivity (Wildman–Crippen MR) is 80.2 cm³/mol. The molecule has 1 aromatic carbocycles. The number of carbonyl (C=O) groups is 1. The van der Waals surface area contributed by atoms with Gasteiger partial charge >= 0.3 is 0 Å². The monoisotopic (exact) mass is 262 g/mol. The van der Waals surface area contributed by atoms with Gasteiger partial charge in [-0.2, -0.15) is 0 Å². The van der Waals surface area contributed by atoms with Crippen molar-refractivity contribution < 1.29 is 4.79 Å². The van der Waals surface area contributed by atoms with E-state index in [0.717, 1.165) is 32.4 Å². The molecule has 0 saturated heterocycles. The van der Waals surface area contributed by atoms with Crippen molar-refractivity contribution >= 4 is 5.91 Å². The van der Waals surface area contributed by atoms with E-state index in [2.05, 4.69) is 29.7 Å². The maximum atomic E-state index is 11.5. The molecule has 0 fully saturated rings. The van der Waals surface area contributed by atoms with Gasteiger partial charge in [0.2, 0.25) is 5.91 Å². The zero-order chi connectivity index (χ0) is 13.8. The summed E-state index contributed by atoms with van der Waals surface area (Å²) in [6.45, 7) is 4.31. The van der Waals surface area contributed by atoms with Crippen LogP contribution in [0.4, 0.5) is 0 Å². The Bertz CT molecular complexity index is 338. The average Bonchev–Trinajstić information content (AvgIpc) is 2.44. The first-order chi connectivity index (χ1) is 9.33. The van der Waals surface area contributed by atoms with Crippen molar-refractivity contribution in [1.82, 2.24) is 10.6 Å². The predicted octanol–water partition coefficient (Wildman–Crippen LogP) is 2.52. The van der Waals surface area contributed by atoms with Crippen LogP contribution in [-0.2, 0) is 11.2 Å². The van der Waals surface area contributed by atoms with E-state index in [1.165, 1.54) is 18.4 Å². The van der Waals surface area contributed by atoms with Crippen LogP contribution in [0.25, 0.3) is 0 Å². The molecule has 0 unspecified atom stereocenters. The number of hydrogen-bond acceptors (Lipinski definition) is 2. The molecule has 0 bridgehead atoms. The third-order valence-electron chi connectivity index (χ3n) is 3.05. The molecule has 1 rings (SSSR count). The van der Waals surface area contributed by atoms with Gasteiger partial charge in [0.1, 0.15) is 0 Å². The summed E-state index contributed by atoms with van der Waals surface area (Å²) in [5.41, 5.74) is 1.33. The van der Waals surface area contributed by atoms with E-state index in [9.17, 15) is 4.79 Å². The minimum Gasteiger partial charge on any atom is -0.355 e. The van der Waals surface area contributed by atoms with Crippen LogP contribution in [0.15, 0.2) is 30.3 Å². The van der Waals surface area contributed by atoms with Crippen LogP contribution in [-0.4, -0.2) is 25.5 Å². The Morgan fingerprint density at radius 1 is 1.05 bits per heavy atom. The zero-order valence-electron chi connectivity index (χ0n) is 12.0. The zero-order valence-corrected chi connectivity index (χ0v) is 12.0. The number of aryl methyl sites for hydroxylation is 1. The van der Waals surface area contributed by atoms with Crippen molar-refractivity contribution in [2.24, 2.45) is 0 Å². The third kappa shape index (κ3) is 8.38. The van der Waals surface area contributed by atoms with Crippen molar-refractivity contribution in [1.29, 1.82) is 0 Å². The van der Waals surface area contributed by atoms with Crippen molar-refractivity contribution in [3.63, 3.8) is 0 Å². The summed E-state index contributed by atoms with van der Waals surface area (Å²) in [5, 5.41) is 6.11. The Morgan fingerprint density at radius 3 is 2.58 bits per heavy atom. The normalized spacial score (nSPS) is 10.4. The van der Waals surface area contributed by atoms with E-state index < -0.39 is 0 Å². The Hall–Kier alpha value is -1.35. The van der Waals surface area contributed by atoms with Crippen LogP contribution in [0.5, 0.6) is 0 Å². The summed E-state index contributed by atoms with van der Waals surface area (Å²) < 4.78 is 0. The lowest BCUT2D eigenvalue weighted by Crippen LogP contribution is -2.34. The second-order valence-electron chi connectivity index (χ2n) is 4.82. The number of nitrogens with one attached hydrogen (secondary N) is 2. The molecular weight excluding hydrogens is 236 g/mol. The van der Waals surface area contributed by atoms with Gasteiger partial charge in [-0.3, -0.25) is 4.79 Å². The summed E-state index contributed by atoms with van der Waals surface area (Å²) in [6.07, 6.45) is 5.60. The van der Waals surface area contributed by atoms with Gasteiger partial charge in [-0.1, -0.05) is 50.1 Å². The minimum absolute atomic E-state index is 0.101. The molecule has 0 aliphatic carbocycles. The number of carbonyl (C=O) groups excluding carboxylic acids is 1. The Kier molecular flexibility index (Phi) is 8.73. The largest absolute Gasteiger partial charge is 0.355 e. The fourth-order valence-electron chi connectivity index (χ4n) is 1.93. The summed E-state index contributed by atoms with van der Waals surface area (Å²) >= 11 is 0. The number of unbranched alkanes of at least 4 members (excludes halogenated alkanes) is 2. The molecule has 1 aromatic rings. The molecule has 2 N–H and O–H groups in total. The number of rotatable bonds is 10. The van der Waals surface area contributed by atoms with E-state index in [4.69, 9.17) is 0 Å². The van der Waals surface area contributed by atoms with Crippen LogP contribution < -0.4 is 10.6 Å². The average molecular weight is 262 g/mol. The first-order valence-electron chi connectivity index (χ1n) is 7.34. The number of amides is 1. The highest BCUT2D eigenvalue weighted by molar-refractivity contribution is 5.77. The highest BCUT2D eigenvalue weighted by Gasteiger charge is 1.99.